The normalized spacial score (nSPS) is 15.0. The van der Waals surface area contributed by atoms with Gasteiger partial charge in [0.25, 0.3) is 0 Å². The molecule has 2 aromatic rings. The summed E-state index contributed by atoms with van der Waals surface area (Å²) >= 11 is 3.59. The van der Waals surface area contributed by atoms with Gasteiger partial charge in [0.15, 0.2) is 5.13 Å². The number of halogens is 2. The molecule has 1 heterocycles. The van der Waals surface area contributed by atoms with Crippen molar-refractivity contribution >= 4 is 39.1 Å². The van der Waals surface area contributed by atoms with E-state index in [9.17, 15) is 4.39 Å². The van der Waals surface area contributed by atoms with E-state index < -0.39 is 0 Å². The first kappa shape index (κ1) is 12.3. The molecular weight excluding hydrogens is 362 g/mol. The largest absolute Gasteiger partial charge is 0.375 e. The molecule has 94 valence electrons. The van der Waals surface area contributed by atoms with E-state index in [1.54, 1.807) is 6.07 Å². The summed E-state index contributed by atoms with van der Waals surface area (Å²) in [6.45, 7) is 0. The van der Waals surface area contributed by atoms with Gasteiger partial charge in [-0.3, -0.25) is 0 Å². The van der Waals surface area contributed by atoms with Gasteiger partial charge in [0.2, 0.25) is 0 Å². The average Bonchev–Trinajstić information content (AvgIpc) is 3.10. The molecule has 1 aromatic heterocycles. The summed E-state index contributed by atoms with van der Waals surface area (Å²) in [5.74, 6) is 0.429. The molecule has 2 nitrogen and oxygen atoms in total. The molecule has 1 saturated carbocycles. The van der Waals surface area contributed by atoms with Crippen molar-refractivity contribution in [3.05, 3.63) is 43.7 Å². The Bertz CT molecular complexity index is 593. The molecule has 0 radical (unpaired) electrons. The van der Waals surface area contributed by atoms with Gasteiger partial charge in [-0.25, -0.2) is 9.37 Å². The summed E-state index contributed by atoms with van der Waals surface area (Å²) in [6.07, 6.45) is 3.14. The van der Waals surface area contributed by atoms with Gasteiger partial charge in [0, 0.05) is 17.2 Å². The second-order valence-electron chi connectivity index (χ2n) is 4.52. The lowest BCUT2D eigenvalue weighted by atomic mass is 10.1. The highest BCUT2D eigenvalue weighted by Gasteiger charge is 2.29. The number of benzene rings is 1. The maximum atomic E-state index is 13.5. The highest BCUT2D eigenvalue weighted by molar-refractivity contribution is 14.1. The molecule has 1 aliphatic rings. The third-order valence-electron chi connectivity index (χ3n) is 3.09. The van der Waals surface area contributed by atoms with Crippen LogP contribution >= 0.6 is 33.9 Å². The highest BCUT2D eigenvalue weighted by atomic mass is 127. The fourth-order valence-corrected chi connectivity index (χ4v) is 3.53. The molecule has 1 fully saturated rings. The summed E-state index contributed by atoms with van der Waals surface area (Å²) in [5, 5.41) is 0.623. The Labute approximate surface area is 123 Å². The first-order valence-corrected chi connectivity index (χ1v) is 7.72. The number of nitrogens with zero attached hydrogens (tertiary/aromatic N) is 1. The van der Waals surface area contributed by atoms with E-state index in [1.165, 1.54) is 35.1 Å². The molecule has 0 amide bonds. The van der Waals surface area contributed by atoms with Crippen LogP contribution in [-0.4, -0.2) is 4.98 Å². The summed E-state index contributed by atoms with van der Waals surface area (Å²) in [6, 6.07) is 5.22. The molecule has 0 bridgehead atoms. The van der Waals surface area contributed by atoms with Crippen molar-refractivity contribution in [2.24, 2.45) is 0 Å². The SMILES string of the molecule is Nc1nc(C2CC2)c(Cc2cccc(F)c2I)s1. The zero-order chi connectivity index (χ0) is 12.7. The second-order valence-corrected chi connectivity index (χ2v) is 6.72. The van der Waals surface area contributed by atoms with Crippen LogP contribution in [-0.2, 0) is 6.42 Å². The van der Waals surface area contributed by atoms with Crippen LogP contribution in [0.5, 0.6) is 0 Å². The van der Waals surface area contributed by atoms with Crippen molar-refractivity contribution in [1.29, 1.82) is 0 Å². The van der Waals surface area contributed by atoms with Crippen molar-refractivity contribution in [3.8, 4) is 0 Å². The van der Waals surface area contributed by atoms with E-state index in [0.29, 0.717) is 14.6 Å². The number of nitrogens with two attached hydrogens (primary N) is 1. The second kappa shape index (κ2) is 4.77. The first-order chi connectivity index (χ1) is 8.65. The van der Waals surface area contributed by atoms with Crippen LogP contribution in [0, 0.1) is 9.39 Å². The quantitative estimate of drug-likeness (QED) is 0.827. The fourth-order valence-electron chi connectivity index (χ4n) is 2.04. The van der Waals surface area contributed by atoms with Crippen LogP contribution in [0.15, 0.2) is 18.2 Å². The molecule has 0 atom stereocenters. The lowest BCUT2D eigenvalue weighted by Gasteiger charge is -2.05. The summed E-state index contributed by atoms with van der Waals surface area (Å²) < 4.78 is 14.2. The van der Waals surface area contributed by atoms with E-state index in [-0.39, 0.29) is 5.82 Å². The van der Waals surface area contributed by atoms with Gasteiger partial charge < -0.3 is 5.73 Å². The monoisotopic (exact) mass is 374 g/mol. The topological polar surface area (TPSA) is 38.9 Å². The van der Waals surface area contributed by atoms with Crippen LogP contribution in [0.25, 0.3) is 0 Å². The third-order valence-corrected chi connectivity index (χ3v) is 5.20. The zero-order valence-electron chi connectivity index (χ0n) is 9.62. The van der Waals surface area contributed by atoms with Gasteiger partial charge >= 0.3 is 0 Å². The minimum Gasteiger partial charge on any atom is -0.375 e. The Morgan fingerprint density at radius 3 is 2.94 bits per heavy atom. The number of anilines is 1. The Hall–Kier alpha value is -0.690. The first-order valence-electron chi connectivity index (χ1n) is 5.83. The van der Waals surface area contributed by atoms with Gasteiger partial charge in [0.05, 0.1) is 9.26 Å². The van der Waals surface area contributed by atoms with Crippen LogP contribution in [0.3, 0.4) is 0 Å². The molecule has 5 heteroatoms. The minimum atomic E-state index is -0.154. The molecule has 3 rings (SSSR count). The van der Waals surface area contributed by atoms with E-state index >= 15 is 0 Å². The number of hydrogen-bond acceptors (Lipinski definition) is 3. The van der Waals surface area contributed by atoms with E-state index in [0.717, 1.165) is 17.7 Å². The van der Waals surface area contributed by atoms with Gasteiger partial charge in [-0.2, -0.15) is 0 Å². The van der Waals surface area contributed by atoms with Gasteiger partial charge in [-0.05, 0) is 47.1 Å². The Morgan fingerprint density at radius 1 is 1.44 bits per heavy atom. The number of thiazole rings is 1. The summed E-state index contributed by atoms with van der Waals surface area (Å²) in [5.41, 5.74) is 7.95. The van der Waals surface area contributed by atoms with Gasteiger partial charge in [-0.1, -0.05) is 12.1 Å². The summed E-state index contributed by atoms with van der Waals surface area (Å²) in [7, 11) is 0. The summed E-state index contributed by atoms with van der Waals surface area (Å²) in [4.78, 5) is 5.61. The molecule has 0 unspecified atom stereocenters. The van der Waals surface area contributed by atoms with Gasteiger partial charge in [0.1, 0.15) is 5.82 Å². The van der Waals surface area contributed by atoms with Crippen molar-refractivity contribution in [2.45, 2.75) is 25.2 Å². The fraction of sp³-hybridized carbons (Fsp3) is 0.308. The van der Waals surface area contributed by atoms with E-state index in [2.05, 4.69) is 27.6 Å². The lowest BCUT2D eigenvalue weighted by Crippen LogP contribution is -1.95. The van der Waals surface area contributed by atoms with Crippen LogP contribution in [0.4, 0.5) is 9.52 Å². The Balaban J connectivity index is 1.94. The average molecular weight is 374 g/mol. The van der Waals surface area contributed by atoms with Crippen molar-refractivity contribution in [1.82, 2.24) is 4.98 Å². The third kappa shape index (κ3) is 2.38. The highest BCUT2D eigenvalue weighted by Crippen LogP contribution is 2.43. The van der Waals surface area contributed by atoms with Crippen molar-refractivity contribution in [2.75, 3.05) is 5.73 Å². The molecular formula is C13H12FIN2S. The van der Waals surface area contributed by atoms with Crippen LogP contribution < -0.4 is 5.73 Å². The maximum absolute atomic E-state index is 13.5. The molecule has 0 aliphatic heterocycles. The molecule has 0 saturated heterocycles. The maximum Gasteiger partial charge on any atom is 0.180 e. The van der Waals surface area contributed by atoms with Crippen molar-refractivity contribution < 1.29 is 4.39 Å². The smallest absolute Gasteiger partial charge is 0.180 e. The van der Waals surface area contributed by atoms with E-state index in [1.807, 2.05) is 6.07 Å². The standard InChI is InChI=1S/C13H12FIN2S/c14-9-3-1-2-8(11(9)15)6-10-12(7-4-5-7)17-13(16)18-10/h1-3,7H,4-6H2,(H2,16,17). The molecule has 18 heavy (non-hydrogen) atoms. The minimum absolute atomic E-state index is 0.154. The van der Waals surface area contributed by atoms with Gasteiger partial charge in [-0.15, -0.1) is 11.3 Å². The number of nitrogen functional groups attached to an aromatic ring is 1. The van der Waals surface area contributed by atoms with E-state index in [4.69, 9.17) is 5.73 Å². The van der Waals surface area contributed by atoms with Crippen molar-refractivity contribution in [3.63, 3.8) is 0 Å². The predicted octanol–water partition coefficient (Wildman–Crippen LogP) is 3.94. The molecule has 1 aromatic carbocycles. The molecule has 1 aliphatic carbocycles. The number of rotatable bonds is 3. The molecule has 0 spiro atoms. The number of hydrogen-bond donors (Lipinski definition) is 1. The molecule has 2 N–H and O–H groups in total. The Morgan fingerprint density at radius 2 is 2.22 bits per heavy atom. The lowest BCUT2D eigenvalue weighted by molar-refractivity contribution is 0.618. The van der Waals surface area contributed by atoms with Crippen LogP contribution in [0.1, 0.15) is 34.9 Å². The number of aromatic nitrogens is 1. The van der Waals surface area contributed by atoms with Crippen LogP contribution in [0.2, 0.25) is 0 Å². The predicted molar refractivity (Wildman–Crippen MR) is 80.4 cm³/mol. The Kier molecular flexibility index (Phi) is 3.27. The zero-order valence-corrected chi connectivity index (χ0v) is 12.6.